The van der Waals surface area contributed by atoms with Crippen LogP contribution in [0.15, 0.2) is 18.2 Å². The maximum absolute atomic E-state index is 13.5. The van der Waals surface area contributed by atoms with E-state index in [2.05, 4.69) is 5.32 Å². The van der Waals surface area contributed by atoms with Crippen LogP contribution in [0.4, 0.5) is 14.9 Å². The van der Waals surface area contributed by atoms with Crippen molar-refractivity contribution in [2.75, 3.05) is 39.1 Å². The average molecular weight is 429 g/mol. The Morgan fingerprint density at radius 2 is 2.09 bits per heavy atom. The third kappa shape index (κ3) is 6.74. The number of cyclic esters (lactones) is 1. The van der Waals surface area contributed by atoms with Crippen molar-refractivity contribution < 1.29 is 18.7 Å². The number of nitrogens with one attached hydrogen (secondary N) is 1. The zero-order valence-electron chi connectivity index (χ0n) is 13.7. The molecule has 2 amide bonds. The van der Waals surface area contributed by atoms with E-state index in [1.165, 1.54) is 17.9 Å². The van der Waals surface area contributed by atoms with Gasteiger partial charge in [-0.25, -0.2) is 0 Å². The van der Waals surface area contributed by atoms with Gasteiger partial charge in [0.05, 0.1) is 0 Å². The molecular formula is C15H21FN3O3Sn. The van der Waals surface area contributed by atoms with Crippen LogP contribution in [0.2, 0.25) is 0 Å². The van der Waals surface area contributed by atoms with Crippen LogP contribution >= 0.6 is 0 Å². The number of amides is 2. The molecule has 1 aliphatic rings. The molecule has 1 atom stereocenters. The summed E-state index contributed by atoms with van der Waals surface area (Å²) in [7, 11) is 6.00. The third-order valence-electron chi connectivity index (χ3n) is 2.72. The first-order valence-corrected chi connectivity index (χ1v) is 8.48. The van der Waals surface area contributed by atoms with Gasteiger partial charge in [-0.1, -0.05) is 0 Å². The summed E-state index contributed by atoms with van der Waals surface area (Å²) >= 11 is 0.984. The molecule has 1 N–H and O–H groups in total. The van der Waals surface area contributed by atoms with Gasteiger partial charge in [-0.15, -0.1) is 0 Å². The predicted molar refractivity (Wildman–Crippen MR) is 87.7 cm³/mol. The summed E-state index contributed by atoms with van der Waals surface area (Å²) in [5.74, 6) is -0.507. The molecule has 6 nitrogen and oxygen atoms in total. The van der Waals surface area contributed by atoms with E-state index in [0.29, 0.717) is 15.8 Å². The van der Waals surface area contributed by atoms with Crippen LogP contribution in [-0.4, -0.2) is 79.8 Å². The van der Waals surface area contributed by atoms with Crippen LogP contribution in [0.25, 0.3) is 0 Å². The van der Waals surface area contributed by atoms with Crippen LogP contribution in [0.3, 0.4) is 0 Å². The summed E-state index contributed by atoms with van der Waals surface area (Å²) in [6, 6.07) is 4.67. The second kappa shape index (κ2) is 9.07. The molecule has 8 heteroatoms. The van der Waals surface area contributed by atoms with Crippen molar-refractivity contribution in [3.8, 4) is 0 Å². The van der Waals surface area contributed by atoms with Crippen molar-refractivity contribution in [2.45, 2.75) is 13.0 Å². The van der Waals surface area contributed by atoms with Crippen LogP contribution < -0.4 is 13.8 Å². The molecule has 0 aliphatic carbocycles. The van der Waals surface area contributed by atoms with Gasteiger partial charge in [0.15, 0.2) is 0 Å². The third-order valence-corrected chi connectivity index (χ3v) is 3.87. The van der Waals surface area contributed by atoms with Crippen molar-refractivity contribution in [1.82, 2.24) is 10.2 Å². The number of anilines is 1. The van der Waals surface area contributed by atoms with E-state index >= 15 is 0 Å². The molecule has 125 valence electrons. The molecule has 0 aromatic heterocycles. The molecule has 3 radical (unpaired) electrons. The summed E-state index contributed by atoms with van der Waals surface area (Å²) < 4.78 is 19.2. The van der Waals surface area contributed by atoms with E-state index in [1.807, 2.05) is 26.0 Å². The Morgan fingerprint density at radius 3 is 2.61 bits per heavy atom. The maximum Gasteiger partial charge on any atom is -0.0140 e. The molecular weight excluding hydrogens is 408 g/mol. The van der Waals surface area contributed by atoms with Crippen LogP contribution in [0.5, 0.6) is 0 Å². The van der Waals surface area contributed by atoms with Gasteiger partial charge in [0, 0.05) is 0 Å². The van der Waals surface area contributed by atoms with Crippen molar-refractivity contribution >= 4 is 43.8 Å². The number of hydrogen-bond donors (Lipinski definition) is 1. The molecule has 1 saturated heterocycles. The summed E-state index contributed by atoms with van der Waals surface area (Å²) in [5.41, 5.74) is 0.471. The Labute approximate surface area is 149 Å². The van der Waals surface area contributed by atoms with E-state index < -0.39 is 12.2 Å². The fourth-order valence-electron chi connectivity index (χ4n) is 1.77. The second-order valence-corrected chi connectivity index (χ2v) is 7.10. The average Bonchev–Trinajstić information content (AvgIpc) is 2.80. The number of nitrogens with zero attached hydrogens (tertiary/aromatic N) is 2. The molecule has 23 heavy (non-hydrogen) atoms. The first-order valence-electron chi connectivity index (χ1n) is 7.05. The van der Waals surface area contributed by atoms with Gasteiger partial charge in [-0.3, -0.25) is 0 Å². The minimum absolute atomic E-state index is 0.181. The summed E-state index contributed by atoms with van der Waals surface area (Å²) in [6.45, 7) is 1.96. The minimum atomic E-state index is -0.522. The van der Waals surface area contributed by atoms with Crippen molar-refractivity contribution in [3.05, 3.63) is 24.0 Å². The van der Waals surface area contributed by atoms with Gasteiger partial charge in [0.25, 0.3) is 0 Å². The van der Waals surface area contributed by atoms with Gasteiger partial charge < -0.3 is 4.90 Å². The fraction of sp³-hybridized carbons (Fsp3) is 0.467. The minimum Gasteiger partial charge on any atom is -0.312 e. The number of rotatable bonds is 3. The summed E-state index contributed by atoms with van der Waals surface area (Å²) in [5, 5.41) is 2.59. The van der Waals surface area contributed by atoms with E-state index in [4.69, 9.17) is 4.74 Å². The zero-order chi connectivity index (χ0) is 17.6. The number of carbonyl (C=O) groups excluding carboxylic acids is 2. The Bertz CT molecular complexity index is 566. The molecule has 0 bridgehead atoms. The number of benzene rings is 1. The number of carbonyl (C=O) groups is 2. The van der Waals surface area contributed by atoms with Crippen LogP contribution in [0, 0.1) is 5.82 Å². The van der Waals surface area contributed by atoms with E-state index in [-0.39, 0.29) is 18.3 Å². The summed E-state index contributed by atoms with van der Waals surface area (Å²) in [6.07, 6.45) is -0.932. The largest absolute Gasteiger partial charge is 0.312 e. The van der Waals surface area contributed by atoms with Gasteiger partial charge in [0.2, 0.25) is 0 Å². The van der Waals surface area contributed by atoms with Gasteiger partial charge in [0.1, 0.15) is 0 Å². The molecule has 1 fully saturated rings. The Morgan fingerprint density at radius 1 is 1.48 bits per heavy atom. The van der Waals surface area contributed by atoms with E-state index in [0.717, 1.165) is 22.5 Å². The topological polar surface area (TPSA) is 61.9 Å². The van der Waals surface area contributed by atoms with E-state index in [1.54, 1.807) is 12.1 Å². The smallest absolute Gasteiger partial charge is 0.0140 e. The summed E-state index contributed by atoms with van der Waals surface area (Å²) in [4.78, 5) is 25.9. The normalized spacial score (nSPS) is 16.7. The SMILES string of the molecule is CC(=O)NC[C@H]1CN(c2cc[c]([Sn])c(F)c2)C(=O)O1.CN(C)C. The number of hydrogen-bond acceptors (Lipinski definition) is 4. The molecule has 1 aromatic rings. The first-order chi connectivity index (χ1) is 10.7. The first kappa shape index (κ1) is 19.7. The molecule has 1 heterocycles. The molecule has 2 rings (SSSR count). The van der Waals surface area contributed by atoms with Crippen LogP contribution in [-0.2, 0) is 9.53 Å². The van der Waals surface area contributed by atoms with E-state index in [9.17, 15) is 14.0 Å². The maximum atomic E-state index is 13.5. The van der Waals surface area contributed by atoms with Gasteiger partial charge in [-0.2, -0.15) is 0 Å². The van der Waals surface area contributed by atoms with Crippen molar-refractivity contribution in [1.29, 1.82) is 0 Å². The zero-order valence-corrected chi connectivity index (χ0v) is 16.6. The van der Waals surface area contributed by atoms with Crippen molar-refractivity contribution in [2.24, 2.45) is 0 Å². The monoisotopic (exact) mass is 430 g/mol. The van der Waals surface area contributed by atoms with Crippen LogP contribution in [0.1, 0.15) is 6.92 Å². The molecule has 0 unspecified atom stereocenters. The quantitative estimate of drug-likeness (QED) is 0.701. The Kier molecular flexibility index (Phi) is 7.77. The standard InChI is InChI=1S/C12H12FN2O3.C3H9N.Sn/c1-8(16)14-6-11-7-15(12(17)18-11)10-4-2-3-9(13)5-10;1-4(2)3;/h2,4-5,11H,6-7H2,1H3,(H,14,16);1-3H3;/t11-;;/m0../s1. The van der Waals surface area contributed by atoms with Gasteiger partial charge >= 0.3 is 123 Å². The van der Waals surface area contributed by atoms with Crippen molar-refractivity contribution in [3.63, 3.8) is 0 Å². The predicted octanol–water partition coefficient (Wildman–Crippen LogP) is 0.259. The molecule has 1 aromatic carbocycles. The fourth-order valence-corrected chi connectivity index (χ4v) is 2.21. The Balaban J connectivity index is 0.000000593. The van der Waals surface area contributed by atoms with Gasteiger partial charge in [-0.05, 0) is 21.1 Å². The second-order valence-electron chi connectivity index (χ2n) is 5.56. The number of halogens is 1. The molecule has 1 aliphatic heterocycles. The molecule has 0 spiro atoms. The molecule has 0 saturated carbocycles. The Hall–Kier alpha value is -1.35. The number of ether oxygens (including phenoxy) is 1.